The first kappa shape index (κ1) is 14.0. The molecule has 0 spiro atoms. The standard InChI is InChI=1S/C17H16N4OS/c1-10-7-14-15(20-17(18)23-14)13-8-19-21(16(10)13)9-11-3-5-12(22-2)6-4-11/h3-8H,9H2,1-2H3,(H2,18,20). The molecule has 0 atom stereocenters. The number of benzene rings is 2. The Hall–Kier alpha value is -2.60. The van der Waals surface area contributed by atoms with E-state index in [2.05, 4.69) is 35.2 Å². The topological polar surface area (TPSA) is 66.0 Å². The molecule has 0 amide bonds. The molecule has 4 aromatic rings. The molecule has 0 aliphatic heterocycles. The number of fused-ring (bicyclic) bond motifs is 3. The number of ether oxygens (including phenoxy) is 1. The number of hydrogen-bond donors (Lipinski definition) is 1. The van der Waals surface area contributed by atoms with E-state index in [1.54, 1.807) is 7.11 Å². The summed E-state index contributed by atoms with van der Waals surface area (Å²) in [5.41, 5.74) is 10.3. The monoisotopic (exact) mass is 324 g/mol. The average molecular weight is 324 g/mol. The molecule has 0 bridgehead atoms. The van der Waals surface area contributed by atoms with Gasteiger partial charge in [0.15, 0.2) is 5.13 Å². The van der Waals surface area contributed by atoms with Crippen LogP contribution in [0.3, 0.4) is 0 Å². The van der Waals surface area contributed by atoms with E-state index in [1.165, 1.54) is 22.5 Å². The lowest BCUT2D eigenvalue weighted by Gasteiger charge is -2.07. The first-order chi connectivity index (χ1) is 11.2. The summed E-state index contributed by atoms with van der Waals surface area (Å²) in [6, 6.07) is 10.2. The first-order valence-corrected chi connectivity index (χ1v) is 8.11. The zero-order valence-corrected chi connectivity index (χ0v) is 13.7. The number of nitrogens with two attached hydrogens (primary N) is 1. The van der Waals surface area contributed by atoms with Crippen LogP contribution < -0.4 is 10.5 Å². The Bertz CT molecular complexity index is 1000. The second-order valence-electron chi connectivity index (χ2n) is 5.50. The molecule has 4 rings (SSSR count). The molecule has 0 unspecified atom stereocenters. The predicted molar refractivity (Wildman–Crippen MR) is 94.2 cm³/mol. The summed E-state index contributed by atoms with van der Waals surface area (Å²) in [5.74, 6) is 0.856. The number of nitrogen functional groups attached to an aromatic ring is 1. The molecular weight excluding hydrogens is 308 g/mol. The van der Waals surface area contributed by atoms with E-state index < -0.39 is 0 Å². The normalized spacial score (nSPS) is 11.4. The van der Waals surface area contributed by atoms with Crippen LogP contribution in [-0.4, -0.2) is 21.9 Å². The van der Waals surface area contributed by atoms with Gasteiger partial charge in [-0.05, 0) is 36.2 Å². The Morgan fingerprint density at radius 3 is 2.78 bits per heavy atom. The minimum Gasteiger partial charge on any atom is -0.497 e. The molecule has 5 nitrogen and oxygen atoms in total. The summed E-state index contributed by atoms with van der Waals surface area (Å²) >= 11 is 1.51. The number of nitrogens with zero attached hydrogens (tertiary/aromatic N) is 3. The third-order valence-corrected chi connectivity index (χ3v) is 4.81. The van der Waals surface area contributed by atoms with Crippen LogP contribution in [-0.2, 0) is 6.54 Å². The van der Waals surface area contributed by atoms with E-state index in [0.717, 1.165) is 26.9 Å². The fourth-order valence-corrected chi connectivity index (χ4v) is 3.75. The van der Waals surface area contributed by atoms with Crippen LogP contribution in [0.1, 0.15) is 11.1 Å². The van der Waals surface area contributed by atoms with Crippen molar-refractivity contribution >= 4 is 37.6 Å². The maximum atomic E-state index is 5.86. The van der Waals surface area contributed by atoms with Crippen LogP contribution in [0.2, 0.25) is 0 Å². The fraction of sp³-hybridized carbons (Fsp3) is 0.176. The van der Waals surface area contributed by atoms with Crippen molar-refractivity contribution in [3.05, 3.63) is 47.7 Å². The molecule has 116 valence electrons. The molecule has 0 saturated carbocycles. The van der Waals surface area contributed by atoms with Crippen molar-refractivity contribution in [1.29, 1.82) is 0 Å². The van der Waals surface area contributed by atoms with Gasteiger partial charge >= 0.3 is 0 Å². The lowest BCUT2D eigenvalue weighted by atomic mass is 10.1. The number of thiazole rings is 1. The molecule has 0 radical (unpaired) electrons. The average Bonchev–Trinajstić information content (AvgIpc) is 3.11. The summed E-state index contributed by atoms with van der Waals surface area (Å²) in [6.07, 6.45) is 1.88. The zero-order chi connectivity index (χ0) is 16.0. The van der Waals surface area contributed by atoms with Crippen LogP contribution in [0, 0.1) is 6.92 Å². The maximum absolute atomic E-state index is 5.86. The van der Waals surface area contributed by atoms with Gasteiger partial charge in [0.1, 0.15) is 5.75 Å². The maximum Gasteiger partial charge on any atom is 0.181 e. The molecule has 0 aliphatic rings. The third-order valence-electron chi connectivity index (χ3n) is 3.98. The van der Waals surface area contributed by atoms with E-state index in [4.69, 9.17) is 10.5 Å². The Morgan fingerprint density at radius 2 is 2.04 bits per heavy atom. The Morgan fingerprint density at radius 1 is 1.26 bits per heavy atom. The van der Waals surface area contributed by atoms with Crippen LogP contribution in [0.15, 0.2) is 36.5 Å². The van der Waals surface area contributed by atoms with Gasteiger partial charge < -0.3 is 10.5 Å². The van der Waals surface area contributed by atoms with Crippen molar-refractivity contribution in [2.75, 3.05) is 12.8 Å². The largest absolute Gasteiger partial charge is 0.497 e. The highest BCUT2D eigenvalue weighted by atomic mass is 32.1. The molecule has 2 aromatic heterocycles. The number of anilines is 1. The van der Waals surface area contributed by atoms with Crippen LogP contribution in [0.5, 0.6) is 5.75 Å². The molecule has 2 N–H and O–H groups in total. The highest BCUT2D eigenvalue weighted by Gasteiger charge is 2.13. The minimum atomic E-state index is 0.592. The fourth-order valence-electron chi connectivity index (χ4n) is 2.90. The van der Waals surface area contributed by atoms with Crippen LogP contribution >= 0.6 is 11.3 Å². The SMILES string of the molecule is COc1ccc(Cn2ncc3c4nc(N)sc4cc(C)c32)cc1. The second-order valence-corrected chi connectivity index (χ2v) is 6.57. The zero-order valence-electron chi connectivity index (χ0n) is 12.9. The Balaban J connectivity index is 1.82. The molecule has 6 heteroatoms. The highest BCUT2D eigenvalue weighted by Crippen LogP contribution is 2.32. The summed E-state index contributed by atoms with van der Waals surface area (Å²) in [7, 11) is 1.67. The number of hydrogen-bond acceptors (Lipinski definition) is 5. The minimum absolute atomic E-state index is 0.592. The van der Waals surface area contributed by atoms with Gasteiger partial charge in [0.25, 0.3) is 0 Å². The van der Waals surface area contributed by atoms with Gasteiger partial charge in [-0.25, -0.2) is 4.98 Å². The second kappa shape index (κ2) is 5.24. The van der Waals surface area contributed by atoms with Gasteiger partial charge in [-0.3, -0.25) is 4.68 Å². The van der Waals surface area contributed by atoms with Gasteiger partial charge in [0.2, 0.25) is 0 Å². The molecule has 0 fully saturated rings. The smallest absolute Gasteiger partial charge is 0.181 e. The van der Waals surface area contributed by atoms with Gasteiger partial charge in [0.05, 0.1) is 35.6 Å². The lowest BCUT2D eigenvalue weighted by molar-refractivity contribution is 0.414. The number of aryl methyl sites for hydroxylation is 1. The van der Waals surface area contributed by atoms with Gasteiger partial charge in [0, 0.05) is 5.39 Å². The first-order valence-electron chi connectivity index (χ1n) is 7.30. The van der Waals surface area contributed by atoms with E-state index in [9.17, 15) is 0 Å². The van der Waals surface area contributed by atoms with Crippen molar-refractivity contribution in [3.8, 4) is 5.75 Å². The summed E-state index contributed by atoms with van der Waals surface area (Å²) < 4.78 is 8.33. The molecule has 0 aliphatic carbocycles. The summed E-state index contributed by atoms with van der Waals surface area (Å²) in [4.78, 5) is 4.45. The summed E-state index contributed by atoms with van der Waals surface area (Å²) in [6.45, 7) is 2.81. The van der Waals surface area contributed by atoms with Crippen LogP contribution in [0.4, 0.5) is 5.13 Å². The van der Waals surface area contributed by atoms with E-state index in [-0.39, 0.29) is 0 Å². The Labute approximate surface area is 137 Å². The van der Waals surface area contributed by atoms with Crippen LogP contribution in [0.25, 0.3) is 21.1 Å². The number of methoxy groups -OCH3 is 1. The van der Waals surface area contributed by atoms with Gasteiger partial charge in [-0.15, -0.1) is 0 Å². The quantitative estimate of drug-likeness (QED) is 0.625. The molecule has 2 heterocycles. The lowest BCUT2D eigenvalue weighted by Crippen LogP contribution is -2.02. The number of rotatable bonds is 3. The Kier molecular flexibility index (Phi) is 3.20. The van der Waals surface area contributed by atoms with Crippen molar-refractivity contribution in [2.24, 2.45) is 0 Å². The molecule has 0 saturated heterocycles. The van der Waals surface area contributed by atoms with Gasteiger partial charge in [-0.2, -0.15) is 5.10 Å². The van der Waals surface area contributed by atoms with Crippen molar-refractivity contribution in [1.82, 2.24) is 14.8 Å². The van der Waals surface area contributed by atoms with Gasteiger partial charge in [-0.1, -0.05) is 23.5 Å². The molecular formula is C17H16N4OS. The van der Waals surface area contributed by atoms with Crippen molar-refractivity contribution in [2.45, 2.75) is 13.5 Å². The number of aromatic nitrogens is 3. The van der Waals surface area contributed by atoms with Crippen molar-refractivity contribution < 1.29 is 4.74 Å². The molecule has 2 aromatic carbocycles. The summed E-state index contributed by atoms with van der Waals surface area (Å²) in [5, 5.41) is 6.21. The predicted octanol–water partition coefficient (Wildman–Crippen LogP) is 3.59. The van der Waals surface area contributed by atoms with E-state index >= 15 is 0 Å². The highest BCUT2D eigenvalue weighted by molar-refractivity contribution is 7.22. The van der Waals surface area contributed by atoms with E-state index in [1.807, 2.05) is 23.0 Å². The molecule has 23 heavy (non-hydrogen) atoms. The van der Waals surface area contributed by atoms with E-state index in [0.29, 0.717) is 11.7 Å². The van der Waals surface area contributed by atoms with Crippen molar-refractivity contribution in [3.63, 3.8) is 0 Å². The third kappa shape index (κ3) is 2.31.